The molecule has 0 atom stereocenters. The molecule has 0 aliphatic heterocycles. The van der Waals surface area contributed by atoms with E-state index in [4.69, 9.17) is 14.5 Å². The second-order valence-electron chi connectivity index (χ2n) is 9.18. The summed E-state index contributed by atoms with van der Waals surface area (Å²) in [6, 6.07) is 26.8. The highest BCUT2D eigenvalue weighted by Gasteiger charge is 2.14. The maximum absolute atomic E-state index is 6.07. The van der Waals surface area contributed by atoms with Crippen LogP contribution in [0.4, 0.5) is 0 Å². The molecule has 0 saturated carbocycles. The number of methoxy groups -OCH3 is 1. The standard InChI is InChI=1S/C32H30N2O2/c1-23(2)22-36-27-14-15-28-29-17-19-33-30(16-11-25-9-12-26(35-3)13-10-25)32(29)34(31(28)21-27)20-18-24-7-5-4-6-8-24/h4-21,23H,22H2,1-3H3/b16-11+,20-18+. The molecule has 0 aliphatic rings. The molecule has 4 heteroatoms. The third kappa shape index (κ3) is 5.03. The van der Waals surface area contributed by atoms with Gasteiger partial charge in [-0.05, 0) is 59.5 Å². The SMILES string of the molecule is COc1ccc(/C=C/c2nccc3c4ccc(OCC(C)C)cc4n(/C=C/c4ccccc4)c23)cc1. The van der Waals surface area contributed by atoms with Crippen LogP contribution in [0, 0.1) is 5.92 Å². The average molecular weight is 475 g/mol. The molecule has 180 valence electrons. The van der Waals surface area contributed by atoms with Crippen molar-refractivity contribution in [2.75, 3.05) is 13.7 Å². The highest BCUT2D eigenvalue weighted by atomic mass is 16.5. The van der Waals surface area contributed by atoms with Crippen molar-refractivity contribution in [2.24, 2.45) is 5.92 Å². The Bertz CT molecular complexity index is 1530. The number of hydrogen-bond donors (Lipinski definition) is 0. The van der Waals surface area contributed by atoms with Crippen LogP contribution in [0.25, 0.3) is 46.2 Å². The van der Waals surface area contributed by atoms with Crippen molar-refractivity contribution in [2.45, 2.75) is 13.8 Å². The lowest BCUT2D eigenvalue weighted by molar-refractivity contribution is 0.271. The van der Waals surface area contributed by atoms with Crippen molar-refractivity contribution in [1.82, 2.24) is 9.55 Å². The van der Waals surface area contributed by atoms with Gasteiger partial charge < -0.3 is 14.0 Å². The van der Waals surface area contributed by atoms with Crippen LogP contribution in [0.15, 0.2) is 85.1 Å². The minimum atomic E-state index is 0.462. The second-order valence-corrected chi connectivity index (χ2v) is 9.18. The summed E-state index contributed by atoms with van der Waals surface area (Å²) < 4.78 is 13.6. The van der Waals surface area contributed by atoms with E-state index in [9.17, 15) is 0 Å². The fourth-order valence-corrected chi connectivity index (χ4v) is 4.24. The van der Waals surface area contributed by atoms with E-state index in [-0.39, 0.29) is 0 Å². The summed E-state index contributed by atoms with van der Waals surface area (Å²) in [5.41, 5.74) is 5.28. The van der Waals surface area contributed by atoms with Gasteiger partial charge in [0.25, 0.3) is 0 Å². The molecule has 5 rings (SSSR count). The van der Waals surface area contributed by atoms with E-state index in [1.54, 1.807) is 7.11 Å². The third-order valence-electron chi connectivity index (χ3n) is 6.06. The van der Waals surface area contributed by atoms with E-state index in [0.717, 1.165) is 44.7 Å². The van der Waals surface area contributed by atoms with Crippen LogP contribution in [-0.2, 0) is 0 Å². The predicted molar refractivity (Wildman–Crippen MR) is 151 cm³/mol. The first-order valence-corrected chi connectivity index (χ1v) is 12.2. The molecule has 0 unspecified atom stereocenters. The number of aromatic nitrogens is 2. The largest absolute Gasteiger partial charge is 0.497 e. The van der Waals surface area contributed by atoms with E-state index >= 15 is 0 Å². The van der Waals surface area contributed by atoms with Crippen LogP contribution in [0.5, 0.6) is 11.5 Å². The first-order valence-electron chi connectivity index (χ1n) is 12.2. The van der Waals surface area contributed by atoms with Crippen LogP contribution in [0.2, 0.25) is 0 Å². The Kier molecular flexibility index (Phi) is 6.85. The van der Waals surface area contributed by atoms with E-state index in [1.807, 2.05) is 48.7 Å². The summed E-state index contributed by atoms with van der Waals surface area (Å²) in [5, 5.41) is 2.32. The maximum Gasteiger partial charge on any atom is 0.121 e. The summed E-state index contributed by atoms with van der Waals surface area (Å²) in [5.74, 6) is 2.18. The molecule has 0 fully saturated rings. The zero-order valence-electron chi connectivity index (χ0n) is 20.9. The summed E-state index contributed by atoms with van der Waals surface area (Å²) in [6.07, 6.45) is 10.3. The van der Waals surface area contributed by atoms with Crippen molar-refractivity contribution in [3.05, 3.63) is 102 Å². The van der Waals surface area contributed by atoms with Gasteiger partial charge in [-0.15, -0.1) is 0 Å². The van der Waals surface area contributed by atoms with Gasteiger partial charge in [0.05, 0.1) is 30.4 Å². The molecule has 0 amide bonds. The molecular weight excluding hydrogens is 444 g/mol. The molecule has 0 bridgehead atoms. The Morgan fingerprint density at radius 3 is 2.31 bits per heavy atom. The molecule has 0 saturated heterocycles. The number of ether oxygens (including phenoxy) is 2. The zero-order valence-corrected chi connectivity index (χ0v) is 20.9. The molecule has 0 radical (unpaired) electrons. The Balaban J connectivity index is 1.65. The van der Waals surface area contributed by atoms with E-state index in [0.29, 0.717) is 12.5 Å². The maximum atomic E-state index is 6.07. The van der Waals surface area contributed by atoms with Gasteiger partial charge in [0.15, 0.2) is 0 Å². The van der Waals surface area contributed by atoms with Crippen molar-refractivity contribution in [3.63, 3.8) is 0 Å². The zero-order chi connectivity index (χ0) is 24.9. The number of pyridine rings is 1. The molecule has 5 aromatic rings. The lowest BCUT2D eigenvalue weighted by Gasteiger charge is -2.09. The average Bonchev–Trinajstić information content (AvgIpc) is 3.23. The van der Waals surface area contributed by atoms with Gasteiger partial charge in [-0.1, -0.05) is 62.4 Å². The fourth-order valence-electron chi connectivity index (χ4n) is 4.24. The van der Waals surface area contributed by atoms with Gasteiger partial charge in [0.2, 0.25) is 0 Å². The summed E-state index contributed by atoms with van der Waals surface area (Å²) in [7, 11) is 1.68. The number of hydrogen-bond acceptors (Lipinski definition) is 3. The van der Waals surface area contributed by atoms with Crippen LogP contribution in [0.1, 0.15) is 30.7 Å². The first-order chi connectivity index (χ1) is 17.6. The first kappa shape index (κ1) is 23.4. The monoisotopic (exact) mass is 474 g/mol. The second kappa shape index (κ2) is 10.5. The topological polar surface area (TPSA) is 36.3 Å². The molecule has 3 aromatic carbocycles. The Morgan fingerprint density at radius 1 is 0.806 bits per heavy atom. The molecule has 36 heavy (non-hydrogen) atoms. The Labute approximate surface area is 212 Å². The van der Waals surface area contributed by atoms with Gasteiger partial charge in [-0.2, -0.15) is 0 Å². The van der Waals surface area contributed by atoms with Crippen LogP contribution in [-0.4, -0.2) is 23.3 Å². The predicted octanol–water partition coefficient (Wildman–Crippen LogP) is 8.03. The molecule has 0 aliphatic carbocycles. The highest BCUT2D eigenvalue weighted by Crippen LogP contribution is 2.34. The van der Waals surface area contributed by atoms with Gasteiger partial charge in [-0.3, -0.25) is 4.98 Å². The van der Waals surface area contributed by atoms with E-state index in [2.05, 4.69) is 79.2 Å². The summed E-state index contributed by atoms with van der Waals surface area (Å²) >= 11 is 0. The van der Waals surface area contributed by atoms with Gasteiger partial charge >= 0.3 is 0 Å². The number of benzene rings is 3. The lowest BCUT2D eigenvalue weighted by atomic mass is 10.1. The molecule has 0 N–H and O–H groups in total. The van der Waals surface area contributed by atoms with E-state index < -0.39 is 0 Å². The van der Waals surface area contributed by atoms with Crippen molar-refractivity contribution >= 4 is 46.2 Å². The fraction of sp³-hybridized carbons (Fsp3) is 0.156. The quantitative estimate of drug-likeness (QED) is 0.228. The van der Waals surface area contributed by atoms with Crippen molar-refractivity contribution < 1.29 is 9.47 Å². The van der Waals surface area contributed by atoms with Gasteiger partial charge in [0.1, 0.15) is 11.5 Å². The molecule has 4 nitrogen and oxygen atoms in total. The number of fused-ring (bicyclic) bond motifs is 3. The Morgan fingerprint density at radius 2 is 1.56 bits per heavy atom. The molecule has 2 aromatic heterocycles. The molecular formula is C32H30N2O2. The van der Waals surface area contributed by atoms with Crippen molar-refractivity contribution in [1.29, 1.82) is 0 Å². The lowest BCUT2D eigenvalue weighted by Crippen LogP contribution is -2.04. The summed E-state index contributed by atoms with van der Waals surface area (Å²) in [4.78, 5) is 4.75. The third-order valence-corrected chi connectivity index (χ3v) is 6.06. The van der Waals surface area contributed by atoms with Crippen LogP contribution < -0.4 is 9.47 Å². The minimum absolute atomic E-state index is 0.462. The normalized spacial score (nSPS) is 11.9. The smallest absolute Gasteiger partial charge is 0.121 e. The van der Waals surface area contributed by atoms with Crippen LogP contribution >= 0.6 is 0 Å². The minimum Gasteiger partial charge on any atom is -0.497 e. The van der Waals surface area contributed by atoms with Gasteiger partial charge in [0, 0.05) is 29.2 Å². The summed E-state index contributed by atoms with van der Waals surface area (Å²) in [6.45, 7) is 5.00. The van der Waals surface area contributed by atoms with Crippen LogP contribution in [0.3, 0.4) is 0 Å². The van der Waals surface area contributed by atoms with E-state index in [1.165, 1.54) is 5.39 Å². The highest BCUT2D eigenvalue weighted by molar-refractivity contribution is 6.12. The number of nitrogens with zero attached hydrogens (tertiary/aromatic N) is 2. The van der Waals surface area contributed by atoms with Crippen molar-refractivity contribution in [3.8, 4) is 11.5 Å². The van der Waals surface area contributed by atoms with Gasteiger partial charge in [-0.25, -0.2) is 0 Å². The molecule has 0 spiro atoms. The number of rotatable bonds is 8. The Hall–Kier alpha value is -4.31. The molecule has 2 heterocycles.